The van der Waals surface area contributed by atoms with Gasteiger partial charge in [0.15, 0.2) is 0 Å². The van der Waals surface area contributed by atoms with Crippen LogP contribution in [-0.4, -0.2) is 22.3 Å². The van der Waals surface area contributed by atoms with Gasteiger partial charge in [-0.1, -0.05) is 0 Å². The maximum Gasteiger partial charge on any atom is 0.254 e. The zero-order valence-electron chi connectivity index (χ0n) is 9.95. The van der Waals surface area contributed by atoms with Gasteiger partial charge in [0.2, 0.25) is 0 Å². The molecule has 2 aromatic heterocycles. The summed E-state index contributed by atoms with van der Waals surface area (Å²) in [4.78, 5) is 18.4. The zero-order chi connectivity index (χ0) is 12.4. The van der Waals surface area contributed by atoms with E-state index in [4.69, 9.17) is 0 Å². The molecule has 0 aromatic carbocycles. The standard InChI is InChI=1S/C14H14N2OS/c17-14(11-3-6-15-7-4-11)16-8-1-2-13(16)12-5-9-18-10-12/h3-7,9-10,13H,1-2,8H2/t13-/m0/s1. The Labute approximate surface area is 110 Å². The Bertz CT molecular complexity index is 524. The molecule has 1 atom stereocenters. The zero-order valence-corrected chi connectivity index (χ0v) is 10.8. The Morgan fingerprint density at radius 2 is 2.17 bits per heavy atom. The van der Waals surface area contributed by atoms with E-state index >= 15 is 0 Å². The van der Waals surface area contributed by atoms with Gasteiger partial charge in [-0.3, -0.25) is 9.78 Å². The highest BCUT2D eigenvalue weighted by Gasteiger charge is 2.30. The molecule has 18 heavy (non-hydrogen) atoms. The van der Waals surface area contributed by atoms with Gasteiger partial charge in [0.25, 0.3) is 5.91 Å². The average Bonchev–Trinajstić information content (AvgIpc) is 3.09. The summed E-state index contributed by atoms with van der Waals surface area (Å²) in [7, 11) is 0. The predicted molar refractivity (Wildman–Crippen MR) is 71.6 cm³/mol. The van der Waals surface area contributed by atoms with Crippen molar-refractivity contribution in [3.63, 3.8) is 0 Å². The second kappa shape index (κ2) is 4.90. The second-order valence-corrected chi connectivity index (χ2v) is 5.23. The number of thiophene rings is 1. The quantitative estimate of drug-likeness (QED) is 0.829. The lowest BCUT2D eigenvalue weighted by molar-refractivity contribution is 0.0736. The molecule has 1 aliphatic heterocycles. The van der Waals surface area contributed by atoms with Crippen LogP contribution in [0.1, 0.15) is 34.8 Å². The molecule has 0 saturated carbocycles. The lowest BCUT2D eigenvalue weighted by Crippen LogP contribution is -2.30. The van der Waals surface area contributed by atoms with Gasteiger partial charge < -0.3 is 4.90 Å². The summed E-state index contributed by atoms with van der Waals surface area (Å²) in [5.74, 6) is 0.117. The molecule has 0 aliphatic carbocycles. The third-order valence-corrected chi connectivity index (χ3v) is 4.07. The van der Waals surface area contributed by atoms with Crippen LogP contribution >= 0.6 is 11.3 Å². The van der Waals surface area contributed by atoms with Gasteiger partial charge in [0, 0.05) is 24.5 Å². The van der Waals surface area contributed by atoms with E-state index in [-0.39, 0.29) is 11.9 Å². The number of hydrogen-bond acceptors (Lipinski definition) is 3. The highest BCUT2D eigenvalue weighted by molar-refractivity contribution is 7.07. The molecule has 0 bridgehead atoms. The van der Waals surface area contributed by atoms with Crippen molar-refractivity contribution < 1.29 is 4.79 Å². The van der Waals surface area contributed by atoms with Crippen molar-refractivity contribution in [3.05, 3.63) is 52.5 Å². The van der Waals surface area contributed by atoms with Crippen molar-refractivity contribution in [2.24, 2.45) is 0 Å². The molecule has 0 spiro atoms. The number of nitrogens with zero attached hydrogens (tertiary/aromatic N) is 2. The van der Waals surface area contributed by atoms with E-state index in [1.54, 1.807) is 35.9 Å². The first kappa shape index (κ1) is 11.4. The molecule has 3 heterocycles. The molecule has 92 valence electrons. The van der Waals surface area contributed by atoms with Gasteiger partial charge in [-0.15, -0.1) is 0 Å². The molecule has 3 nitrogen and oxygen atoms in total. The first-order valence-corrected chi connectivity index (χ1v) is 7.03. The van der Waals surface area contributed by atoms with Gasteiger partial charge in [-0.25, -0.2) is 0 Å². The second-order valence-electron chi connectivity index (χ2n) is 4.45. The molecule has 0 unspecified atom stereocenters. The van der Waals surface area contributed by atoms with Gasteiger partial charge in [0.05, 0.1) is 6.04 Å². The summed E-state index contributed by atoms with van der Waals surface area (Å²) in [5, 5.41) is 4.21. The molecular formula is C14H14N2OS. The summed E-state index contributed by atoms with van der Waals surface area (Å²) in [6.07, 6.45) is 5.48. The fourth-order valence-corrected chi connectivity index (χ4v) is 3.19. The van der Waals surface area contributed by atoms with Crippen LogP contribution in [0.2, 0.25) is 0 Å². The minimum Gasteiger partial charge on any atom is -0.332 e. The minimum absolute atomic E-state index is 0.117. The molecule has 1 aliphatic rings. The summed E-state index contributed by atoms with van der Waals surface area (Å²) in [6.45, 7) is 0.849. The molecule has 0 N–H and O–H groups in total. The van der Waals surface area contributed by atoms with Gasteiger partial charge in [0.1, 0.15) is 0 Å². The highest BCUT2D eigenvalue weighted by Crippen LogP contribution is 2.33. The van der Waals surface area contributed by atoms with E-state index < -0.39 is 0 Å². The average molecular weight is 258 g/mol. The van der Waals surface area contributed by atoms with Crippen molar-refractivity contribution in [2.75, 3.05) is 6.54 Å². The van der Waals surface area contributed by atoms with E-state index in [0.717, 1.165) is 24.9 Å². The molecule has 2 aromatic rings. The summed E-state index contributed by atoms with van der Waals surface area (Å²) < 4.78 is 0. The van der Waals surface area contributed by atoms with Crippen LogP contribution in [0.4, 0.5) is 0 Å². The molecule has 4 heteroatoms. The minimum atomic E-state index is 0.117. The summed E-state index contributed by atoms with van der Waals surface area (Å²) in [5.41, 5.74) is 1.99. The van der Waals surface area contributed by atoms with E-state index in [2.05, 4.69) is 21.8 Å². The van der Waals surface area contributed by atoms with E-state index in [9.17, 15) is 4.79 Å². The highest BCUT2D eigenvalue weighted by atomic mass is 32.1. The Balaban J connectivity index is 1.85. The van der Waals surface area contributed by atoms with E-state index in [1.807, 2.05) is 4.90 Å². The Hall–Kier alpha value is -1.68. The van der Waals surface area contributed by atoms with Crippen LogP contribution in [0.25, 0.3) is 0 Å². The first-order chi connectivity index (χ1) is 8.86. The van der Waals surface area contributed by atoms with Crippen LogP contribution in [0.15, 0.2) is 41.4 Å². The third kappa shape index (κ3) is 2.04. The van der Waals surface area contributed by atoms with Crippen molar-refractivity contribution in [1.29, 1.82) is 0 Å². The van der Waals surface area contributed by atoms with Gasteiger partial charge in [-0.05, 0) is 47.4 Å². The number of hydrogen-bond donors (Lipinski definition) is 0. The largest absolute Gasteiger partial charge is 0.332 e. The van der Waals surface area contributed by atoms with E-state index in [1.165, 1.54) is 5.56 Å². The molecule has 1 fully saturated rings. The van der Waals surface area contributed by atoms with Crippen molar-refractivity contribution in [1.82, 2.24) is 9.88 Å². The monoisotopic (exact) mass is 258 g/mol. The first-order valence-electron chi connectivity index (χ1n) is 6.09. The molecule has 1 saturated heterocycles. The Kier molecular flexibility index (Phi) is 3.11. The van der Waals surface area contributed by atoms with Crippen molar-refractivity contribution >= 4 is 17.2 Å². The number of carbonyl (C=O) groups is 1. The fraction of sp³-hybridized carbons (Fsp3) is 0.286. The van der Waals surface area contributed by atoms with Crippen LogP contribution in [0.5, 0.6) is 0 Å². The molecule has 0 radical (unpaired) electrons. The molecule has 3 rings (SSSR count). The number of likely N-dealkylation sites (tertiary alicyclic amines) is 1. The predicted octanol–water partition coefficient (Wildman–Crippen LogP) is 3.12. The number of aromatic nitrogens is 1. The van der Waals surface area contributed by atoms with Gasteiger partial charge in [-0.2, -0.15) is 11.3 Å². The fourth-order valence-electron chi connectivity index (χ4n) is 2.48. The third-order valence-electron chi connectivity index (χ3n) is 3.37. The molecule has 1 amide bonds. The Morgan fingerprint density at radius 1 is 1.33 bits per heavy atom. The smallest absolute Gasteiger partial charge is 0.254 e. The number of carbonyl (C=O) groups excluding carboxylic acids is 1. The number of amides is 1. The van der Waals surface area contributed by atoms with Crippen LogP contribution in [-0.2, 0) is 0 Å². The summed E-state index contributed by atoms with van der Waals surface area (Å²) >= 11 is 1.69. The molecular weight excluding hydrogens is 244 g/mol. The van der Waals surface area contributed by atoms with Crippen molar-refractivity contribution in [3.8, 4) is 0 Å². The summed E-state index contributed by atoms with van der Waals surface area (Å²) in [6, 6.07) is 5.93. The lowest BCUT2D eigenvalue weighted by atomic mass is 10.1. The van der Waals surface area contributed by atoms with E-state index in [0.29, 0.717) is 0 Å². The maximum atomic E-state index is 12.5. The van der Waals surface area contributed by atoms with Crippen molar-refractivity contribution in [2.45, 2.75) is 18.9 Å². The number of pyridine rings is 1. The normalized spacial score (nSPS) is 19.1. The topological polar surface area (TPSA) is 33.2 Å². The van der Waals surface area contributed by atoms with Crippen LogP contribution in [0, 0.1) is 0 Å². The van der Waals surface area contributed by atoms with Crippen LogP contribution < -0.4 is 0 Å². The van der Waals surface area contributed by atoms with Crippen LogP contribution in [0.3, 0.4) is 0 Å². The lowest BCUT2D eigenvalue weighted by Gasteiger charge is -2.24. The number of rotatable bonds is 2. The van der Waals surface area contributed by atoms with Gasteiger partial charge >= 0.3 is 0 Å². The maximum absolute atomic E-state index is 12.5. The SMILES string of the molecule is O=C(c1ccncc1)N1CCC[C@H]1c1ccsc1. The Morgan fingerprint density at radius 3 is 2.89 bits per heavy atom.